The molecule has 2 unspecified atom stereocenters. The molecule has 3 N–H and O–H groups in total. The molecule has 4 aliphatic carbocycles. The summed E-state index contributed by atoms with van der Waals surface area (Å²) >= 11 is 0. The van der Waals surface area contributed by atoms with E-state index >= 15 is 0 Å². The number of rotatable bonds is 3. The summed E-state index contributed by atoms with van der Waals surface area (Å²) in [6, 6.07) is 1.74. The molecule has 2 bridgehead atoms. The minimum Gasteiger partial charge on any atom is -0.451 e. The Morgan fingerprint density at radius 1 is 1.26 bits per heavy atom. The summed E-state index contributed by atoms with van der Waals surface area (Å²) in [5.74, 6) is -1.21. The van der Waals surface area contributed by atoms with Crippen LogP contribution in [0, 0.1) is 48.3 Å². The molecule has 0 amide bonds. The third-order valence-corrected chi connectivity index (χ3v) is 10.1. The Kier molecular flexibility index (Phi) is 5.18. The number of aliphatic hydroxyl groups excluding tert-OH is 2. The van der Waals surface area contributed by atoms with Gasteiger partial charge in [0.1, 0.15) is 6.10 Å². The number of hydrogen-bond donors (Lipinski definition) is 3. The Morgan fingerprint density at radius 2 is 1.91 bits per heavy atom. The fourth-order valence-electron chi connectivity index (χ4n) is 7.83. The molecule has 0 saturated heterocycles. The van der Waals surface area contributed by atoms with Gasteiger partial charge in [-0.1, -0.05) is 32.9 Å². The van der Waals surface area contributed by atoms with Gasteiger partial charge in [-0.3, -0.25) is 4.79 Å². The van der Waals surface area contributed by atoms with E-state index in [4.69, 9.17) is 4.74 Å². The molecule has 1 spiro atoms. The molecule has 1 aromatic rings. The van der Waals surface area contributed by atoms with Crippen LogP contribution in [0.25, 0.3) is 0 Å². The van der Waals surface area contributed by atoms with Crippen LogP contribution in [0.15, 0.2) is 29.4 Å². The fourth-order valence-corrected chi connectivity index (χ4v) is 7.83. The van der Waals surface area contributed by atoms with Crippen molar-refractivity contribution in [3.63, 3.8) is 0 Å². The summed E-state index contributed by atoms with van der Waals surface area (Å²) in [7, 11) is 1.86. The highest BCUT2D eigenvalue weighted by molar-refractivity contribution is 5.96. The summed E-state index contributed by atoms with van der Waals surface area (Å²) < 4.78 is 7.84. The van der Waals surface area contributed by atoms with E-state index in [0.29, 0.717) is 17.1 Å². The second-order valence-corrected chi connectivity index (χ2v) is 12.0. The normalized spacial score (nSPS) is 41.3. The molecular weight excluding hydrogens is 446 g/mol. The molecule has 35 heavy (non-hydrogen) atoms. The summed E-state index contributed by atoms with van der Waals surface area (Å²) in [5.41, 5.74) is -0.836. The lowest BCUT2D eigenvalue weighted by Gasteiger charge is -2.48. The number of carbonyl (C=O) groups is 2. The number of aryl methyl sites for hydroxylation is 1. The van der Waals surface area contributed by atoms with E-state index in [1.807, 2.05) is 32.4 Å². The summed E-state index contributed by atoms with van der Waals surface area (Å²) in [5, 5.41) is 34.2. The molecule has 0 aliphatic heterocycles. The van der Waals surface area contributed by atoms with Gasteiger partial charge in [0.2, 0.25) is 0 Å². The van der Waals surface area contributed by atoms with Gasteiger partial charge in [0.05, 0.1) is 17.6 Å². The molecular formula is C28H37NO6. The molecule has 5 rings (SSSR count). The third kappa shape index (κ3) is 2.83. The summed E-state index contributed by atoms with van der Waals surface area (Å²) in [4.78, 5) is 27.7. The fraction of sp³-hybridized carbons (Fsp3) is 0.643. The van der Waals surface area contributed by atoms with Crippen LogP contribution in [0.1, 0.15) is 55.9 Å². The standard InChI is InChI=1S/C28H37NO6/c1-13-11-27-14(2)8-20-21(26(20,5)6)19(23(27)32)10-17(12-30)22(31)28(27,34)24(13)35-25(33)18-9-15(3)29(7)16(18)4/h9-11,14,19-22,24,30-31,34H,8,12H2,1-7H3/t14?,19-,20+,21-,22+,24-,27?,28-/m0/s1. The lowest BCUT2D eigenvalue weighted by atomic mass is 9.59. The highest BCUT2D eigenvalue weighted by Crippen LogP contribution is 2.71. The van der Waals surface area contributed by atoms with Gasteiger partial charge < -0.3 is 24.6 Å². The van der Waals surface area contributed by atoms with Crippen molar-refractivity contribution in [1.29, 1.82) is 0 Å². The molecule has 0 radical (unpaired) electrons. The summed E-state index contributed by atoms with van der Waals surface area (Å²) in [6.07, 6.45) is 1.37. The minimum atomic E-state index is -2.12. The number of Topliss-reactive ketones (excluding diaryl/α,β-unsaturated/α-hetero) is 1. The third-order valence-electron chi connectivity index (χ3n) is 10.1. The molecule has 1 heterocycles. The first-order chi connectivity index (χ1) is 16.2. The van der Waals surface area contributed by atoms with Crippen molar-refractivity contribution in [2.45, 2.75) is 65.8 Å². The van der Waals surface area contributed by atoms with Crippen LogP contribution in [-0.2, 0) is 16.6 Å². The van der Waals surface area contributed by atoms with Gasteiger partial charge in [0.25, 0.3) is 0 Å². The zero-order valence-corrected chi connectivity index (χ0v) is 21.6. The van der Waals surface area contributed by atoms with Crippen molar-refractivity contribution in [2.24, 2.45) is 41.5 Å². The van der Waals surface area contributed by atoms with Crippen LogP contribution in [0.4, 0.5) is 0 Å². The first kappa shape index (κ1) is 24.5. The average Bonchev–Trinajstić information content (AvgIpc) is 3.16. The molecule has 7 heteroatoms. The van der Waals surface area contributed by atoms with Gasteiger partial charge in [0, 0.05) is 24.4 Å². The van der Waals surface area contributed by atoms with Crippen LogP contribution in [0.5, 0.6) is 0 Å². The number of aromatic nitrogens is 1. The molecule has 190 valence electrons. The maximum Gasteiger partial charge on any atom is 0.340 e. The van der Waals surface area contributed by atoms with E-state index in [-0.39, 0.29) is 28.6 Å². The number of esters is 1. The van der Waals surface area contributed by atoms with Gasteiger partial charge in [-0.15, -0.1) is 0 Å². The van der Waals surface area contributed by atoms with Crippen molar-refractivity contribution in [2.75, 3.05) is 6.61 Å². The number of ketones is 1. The Bertz CT molecular complexity index is 1190. The molecule has 4 aliphatic rings. The number of ether oxygens (including phenoxy) is 1. The van der Waals surface area contributed by atoms with Crippen molar-refractivity contribution < 1.29 is 29.6 Å². The number of nitrogens with zero attached hydrogens (tertiary/aromatic N) is 1. The Balaban J connectivity index is 1.64. The van der Waals surface area contributed by atoms with Crippen LogP contribution >= 0.6 is 0 Å². The van der Waals surface area contributed by atoms with Crippen LogP contribution in [0.2, 0.25) is 0 Å². The zero-order valence-electron chi connectivity index (χ0n) is 21.6. The maximum atomic E-state index is 14.4. The Morgan fingerprint density at radius 3 is 2.49 bits per heavy atom. The Hall–Kier alpha value is -2.22. The van der Waals surface area contributed by atoms with Crippen LogP contribution in [-0.4, -0.2) is 56.1 Å². The average molecular weight is 484 g/mol. The van der Waals surface area contributed by atoms with Crippen molar-refractivity contribution in [3.05, 3.63) is 46.3 Å². The molecule has 7 nitrogen and oxygen atoms in total. The van der Waals surface area contributed by atoms with Crippen molar-refractivity contribution in [3.8, 4) is 0 Å². The number of fused-ring (bicyclic) bond motifs is 3. The maximum absolute atomic E-state index is 14.4. The van der Waals surface area contributed by atoms with E-state index in [1.165, 1.54) is 0 Å². The van der Waals surface area contributed by atoms with Crippen molar-refractivity contribution >= 4 is 11.8 Å². The largest absolute Gasteiger partial charge is 0.451 e. The van der Waals surface area contributed by atoms with E-state index in [0.717, 1.165) is 17.8 Å². The second-order valence-electron chi connectivity index (χ2n) is 12.0. The van der Waals surface area contributed by atoms with Gasteiger partial charge in [-0.05, 0) is 67.6 Å². The first-order valence-corrected chi connectivity index (χ1v) is 12.5. The highest BCUT2D eigenvalue weighted by Gasteiger charge is 2.76. The topological polar surface area (TPSA) is 109 Å². The monoisotopic (exact) mass is 483 g/mol. The van der Waals surface area contributed by atoms with Gasteiger partial charge in [0.15, 0.2) is 17.5 Å². The van der Waals surface area contributed by atoms with E-state index in [9.17, 15) is 24.9 Å². The molecule has 8 atom stereocenters. The molecule has 2 fully saturated rings. The van der Waals surface area contributed by atoms with Gasteiger partial charge >= 0.3 is 5.97 Å². The zero-order chi connectivity index (χ0) is 25.8. The van der Waals surface area contributed by atoms with E-state index in [2.05, 4.69) is 13.8 Å². The predicted molar refractivity (Wildman–Crippen MR) is 129 cm³/mol. The second kappa shape index (κ2) is 7.40. The number of hydrogen-bond acceptors (Lipinski definition) is 6. The van der Waals surface area contributed by atoms with Crippen LogP contribution in [0.3, 0.4) is 0 Å². The van der Waals surface area contributed by atoms with Crippen molar-refractivity contribution in [1.82, 2.24) is 4.57 Å². The van der Waals surface area contributed by atoms with E-state index in [1.54, 1.807) is 25.1 Å². The minimum absolute atomic E-state index is 0.0351. The molecule has 2 saturated carbocycles. The van der Waals surface area contributed by atoms with Gasteiger partial charge in [-0.25, -0.2) is 4.79 Å². The van der Waals surface area contributed by atoms with E-state index < -0.39 is 41.7 Å². The lowest BCUT2D eigenvalue weighted by Crippen LogP contribution is -2.65. The molecule has 0 aromatic carbocycles. The van der Waals surface area contributed by atoms with Gasteiger partial charge in [-0.2, -0.15) is 0 Å². The smallest absolute Gasteiger partial charge is 0.340 e. The summed E-state index contributed by atoms with van der Waals surface area (Å²) in [6.45, 7) is 11.2. The predicted octanol–water partition coefficient (Wildman–Crippen LogP) is 2.64. The SMILES string of the molecule is CC1=CC23C(=O)[C@@H](C=C(CO)[C@@H](O)[C@]2(O)[C@H]1OC(=O)c1cc(C)n(C)c1C)[C@H]1[C@@H](CC3C)C1(C)C. The molecule has 1 aromatic heterocycles. The number of aliphatic hydroxyl groups is 3. The lowest BCUT2D eigenvalue weighted by molar-refractivity contribution is -0.190. The quantitative estimate of drug-likeness (QED) is 0.451. The number of carbonyl (C=O) groups excluding carboxylic acids is 2. The number of allylic oxidation sites excluding steroid dienone is 1. The first-order valence-electron chi connectivity index (χ1n) is 12.5. The highest BCUT2D eigenvalue weighted by atomic mass is 16.6. The Labute approximate surface area is 206 Å². The van der Waals surface area contributed by atoms with Crippen LogP contribution < -0.4 is 0 Å².